The van der Waals surface area contributed by atoms with Crippen molar-refractivity contribution in [3.8, 4) is 11.3 Å². The van der Waals surface area contributed by atoms with Crippen LogP contribution in [-0.4, -0.2) is 20.9 Å². The van der Waals surface area contributed by atoms with E-state index in [-0.39, 0.29) is 5.69 Å². The fourth-order valence-corrected chi connectivity index (χ4v) is 2.60. The van der Waals surface area contributed by atoms with Gasteiger partial charge in [0.05, 0.1) is 16.6 Å². The molecule has 23 heavy (non-hydrogen) atoms. The lowest BCUT2D eigenvalue weighted by molar-refractivity contribution is 0.0996. The SMILES string of the molecule is NC(=O)c1nc2ccccc2nc1-c1ccc2ncccc2c1. The van der Waals surface area contributed by atoms with E-state index in [4.69, 9.17) is 5.73 Å². The zero-order valence-electron chi connectivity index (χ0n) is 12.1. The molecule has 2 heterocycles. The number of benzene rings is 2. The van der Waals surface area contributed by atoms with Gasteiger partial charge < -0.3 is 5.73 Å². The van der Waals surface area contributed by atoms with Gasteiger partial charge in [0.15, 0.2) is 5.69 Å². The Morgan fingerprint density at radius 3 is 2.43 bits per heavy atom. The Kier molecular flexibility index (Phi) is 2.98. The Morgan fingerprint density at radius 1 is 0.870 bits per heavy atom. The molecular weight excluding hydrogens is 288 g/mol. The molecule has 0 spiro atoms. The first-order valence-corrected chi connectivity index (χ1v) is 7.14. The molecule has 0 saturated heterocycles. The second kappa shape index (κ2) is 5.14. The van der Waals surface area contributed by atoms with E-state index in [2.05, 4.69) is 15.0 Å². The molecule has 0 radical (unpaired) electrons. The van der Waals surface area contributed by atoms with E-state index in [1.54, 1.807) is 6.20 Å². The maximum atomic E-state index is 11.8. The zero-order chi connectivity index (χ0) is 15.8. The Balaban J connectivity index is 2.01. The van der Waals surface area contributed by atoms with Gasteiger partial charge in [-0.05, 0) is 30.3 Å². The Hall–Kier alpha value is -3.34. The number of pyridine rings is 1. The third-order valence-corrected chi connectivity index (χ3v) is 3.68. The number of rotatable bonds is 2. The lowest BCUT2D eigenvalue weighted by Gasteiger charge is -2.08. The third kappa shape index (κ3) is 2.28. The van der Waals surface area contributed by atoms with E-state index in [9.17, 15) is 4.79 Å². The predicted molar refractivity (Wildman–Crippen MR) is 88.8 cm³/mol. The maximum Gasteiger partial charge on any atom is 0.269 e. The molecule has 110 valence electrons. The number of carbonyl (C=O) groups is 1. The normalized spacial score (nSPS) is 11.0. The van der Waals surface area contributed by atoms with Crippen LogP contribution < -0.4 is 5.73 Å². The number of amides is 1. The molecule has 0 fully saturated rings. The van der Waals surface area contributed by atoms with Gasteiger partial charge >= 0.3 is 0 Å². The number of primary amides is 1. The number of nitrogens with zero attached hydrogens (tertiary/aromatic N) is 3. The van der Waals surface area contributed by atoms with Gasteiger partial charge in [-0.2, -0.15) is 0 Å². The van der Waals surface area contributed by atoms with Crippen LogP contribution in [0.1, 0.15) is 10.5 Å². The summed E-state index contributed by atoms with van der Waals surface area (Å²) < 4.78 is 0. The van der Waals surface area contributed by atoms with Gasteiger partial charge in [0.1, 0.15) is 5.69 Å². The highest BCUT2D eigenvalue weighted by Gasteiger charge is 2.15. The van der Waals surface area contributed by atoms with Crippen LogP contribution in [0.5, 0.6) is 0 Å². The number of aromatic nitrogens is 3. The molecule has 2 aromatic carbocycles. The minimum Gasteiger partial charge on any atom is -0.364 e. The van der Waals surface area contributed by atoms with Crippen molar-refractivity contribution >= 4 is 27.8 Å². The highest BCUT2D eigenvalue weighted by molar-refractivity contribution is 6.00. The molecule has 4 rings (SSSR count). The van der Waals surface area contributed by atoms with Gasteiger partial charge in [-0.15, -0.1) is 0 Å². The first kappa shape index (κ1) is 13.3. The van der Waals surface area contributed by atoms with E-state index < -0.39 is 5.91 Å². The highest BCUT2D eigenvalue weighted by Crippen LogP contribution is 2.26. The summed E-state index contributed by atoms with van der Waals surface area (Å²) in [4.78, 5) is 25.1. The summed E-state index contributed by atoms with van der Waals surface area (Å²) in [5.41, 5.74) is 9.20. The first-order chi connectivity index (χ1) is 11.2. The summed E-state index contributed by atoms with van der Waals surface area (Å²) in [6.45, 7) is 0. The molecule has 0 aliphatic rings. The van der Waals surface area contributed by atoms with Crippen molar-refractivity contribution in [2.45, 2.75) is 0 Å². The Labute approximate surface area is 131 Å². The van der Waals surface area contributed by atoms with Crippen molar-refractivity contribution in [2.75, 3.05) is 0 Å². The zero-order valence-corrected chi connectivity index (χ0v) is 12.1. The maximum absolute atomic E-state index is 11.8. The van der Waals surface area contributed by atoms with Crippen molar-refractivity contribution in [3.63, 3.8) is 0 Å². The molecule has 1 amide bonds. The fraction of sp³-hybridized carbons (Fsp3) is 0. The quantitative estimate of drug-likeness (QED) is 0.617. The standard InChI is InChI=1S/C18H12N4O/c19-18(23)17-16(21-14-5-1-2-6-15(14)22-17)12-7-8-13-11(10-12)4-3-9-20-13/h1-10H,(H2,19,23). The summed E-state index contributed by atoms with van der Waals surface area (Å²) in [7, 11) is 0. The minimum absolute atomic E-state index is 0.173. The molecule has 0 bridgehead atoms. The number of para-hydroxylation sites is 2. The number of hydrogen-bond donors (Lipinski definition) is 1. The summed E-state index contributed by atoms with van der Waals surface area (Å²) in [6, 6.07) is 16.9. The number of hydrogen-bond acceptors (Lipinski definition) is 4. The van der Waals surface area contributed by atoms with Crippen molar-refractivity contribution < 1.29 is 4.79 Å². The van der Waals surface area contributed by atoms with Crippen molar-refractivity contribution in [1.82, 2.24) is 15.0 Å². The Bertz CT molecular complexity index is 1060. The second-order valence-electron chi connectivity index (χ2n) is 5.18. The molecule has 2 aromatic heterocycles. The van der Waals surface area contributed by atoms with Gasteiger partial charge in [-0.1, -0.05) is 24.3 Å². The van der Waals surface area contributed by atoms with Crippen LogP contribution in [0, 0.1) is 0 Å². The van der Waals surface area contributed by atoms with Crippen molar-refractivity contribution in [1.29, 1.82) is 0 Å². The smallest absolute Gasteiger partial charge is 0.269 e. The second-order valence-corrected chi connectivity index (χ2v) is 5.18. The van der Waals surface area contributed by atoms with Crippen molar-refractivity contribution in [2.24, 2.45) is 5.73 Å². The van der Waals surface area contributed by atoms with E-state index in [1.165, 1.54) is 0 Å². The van der Waals surface area contributed by atoms with Gasteiger partial charge in [0, 0.05) is 17.1 Å². The number of nitrogens with two attached hydrogens (primary N) is 1. The van der Waals surface area contributed by atoms with Crippen LogP contribution in [0.25, 0.3) is 33.2 Å². The largest absolute Gasteiger partial charge is 0.364 e. The molecule has 2 N–H and O–H groups in total. The van der Waals surface area contributed by atoms with Crippen LogP contribution in [0.2, 0.25) is 0 Å². The molecule has 0 aliphatic heterocycles. The van der Waals surface area contributed by atoms with E-state index in [1.807, 2.05) is 54.6 Å². The van der Waals surface area contributed by atoms with Gasteiger partial charge in [-0.25, -0.2) is 9.97 Å². The average Bonchev–Trinajstić information content (AvgIpc) is 2.60. The lowest BCUT2D eigenvalue weighted by Crippen LogP contribution is -2.15. The predicted octanol–water partition coefficient (Wildman–Crippen LogP) is 2.94. The summed E-state index contributed by atoms with van der Waals surface area (Å²) in [5.74, 6) is -0.593. The van der Waals surface area contributed by atoms with Crippen LogP contribution in [0.3, 0.4) is 0 Å². The van der Waals surface area contributed by atoms with Crippen molar-refractivity contribution in [3.05, 3.63) is 66.5 Å². The van der Waals surface area contributed by atoms with Crippen LogP contribution in [-0.2, 0) is 0 Å². The van der Waals surface area contributed by atoms with Crippen LogP contribution >= 0.6 is 0 Å². The summed E-state index contributed by atoms with van der Waals surface area (Å²) >= 11 is 0. The van der Waals surface area contributed by atoms with E-state index in [0.29, 0.717) is 11.2 Å². The van der Waals surface area contributed by atoms with E-state index >= 15 is 0 Å². The summed E-state index contributed by atoms with van der Waals surface area (Å²) in [6.07, 6.45) is 1.74. The molecule has 0 saturated carbocycles. The molecule has 0 aliphatic carbocycles. The molecular formula is C18H12N4O. The fourth-order valence-electron chi connectivity index (χ4n) is 2.60. The third-order valence-electron chi connectivity index (χ3n) is 3.68. The monoisotopic (exact) mass is 300 g/mol. The molecule has 0 atom stereocenters. The Morgan fingerprint density at radius 2 is 1.65 bits per heavy atom. The average molecular weight is 300 g/mol. The number of carbonyl (C=O) groups excluding carboxylic acids is 1. The van der Waals surface area contributed by atoms with Gasteiger partial charge in [-0.3, -0.25) is 9.78 Å². The van der Waals surface area contributed by atoms with Crippen LogP contribution in [0.4, 0.5) is 0 Å². The summed E-state index contributed by atoms with van der Waals surface area (Å²) in [5, 5.41) is 0.968. The molecule has 4 aromatic rings. The molecule has 5 heteroatoms. The first-order valence-electron chi connectivity index (χ1n) is 7.14. The van der Waals surface area contributed by atoms with E-state index in [0.717, 1.165) is 22.0 Å². The lowest BCUT2D eigenvalue weighted by atomic mass is 10.1. The number of fused-ring (bicyclic) bond motifs is 2. The van der Waals surface area contributed by atoms with Gasteiger partial charge in [0.25, 0.3) is 5.91 Å². The highest BCUT2D eigenvalue weighted by atomic mass is 16.1. The van der Waals surface area contributed by atoms with Crippen LogP contribution in [0.15, 0.2) is 60.8 Å². The van der Waals surface area contributed by atoms with Gasteiger partial charge in [0.2, 0.25) is 0 Å². The molecule has 5 nitrogen and oxygen atoms in total. The minimum atomic E-state index is -0.593. The topological polar surface area (TPSA) is 81.8 Å². The molecule has 0 unspecified atom stereocenters.